The third-order valence-electron chi connectivity index (χ3n) is 2.28. The molecule has 0 atom stereocenters. The van der Waals surface area contributed by atoms with Crippen molar-refractivity contribution in [2.45, 2.75) is 13.8 Å². The van der Waals surface area contributed by atoms with Crippen molar-refractivity contribution in [3.05, 3.63) is 59.1 Å². The summed E-state index contributed by atoms with van der Waals surface area (Å²) in [5.74, 6) is 1.46. The normalized spacial score (nSPS) is 8.19. The maximum Gasteiger partial charge on any atom is 0.136 e. The van der Waals surface area contributed by atoms with Gasteiger partial charge in [0.2, 0.25) is 0 Å². The maximum atomic E-state index is 8.52. The number of methoxy groups -OCH3 is 2. The van der Waals surface area contributed by atoms with Crippen molar-refractivity contribution in [2.24, 2.45) is 0 Å². The van der Waals surface area contributed by atoms with Crippen molar-refractivity contribution >= 4 is 11.6 Å². The van der Waals surface area contributed by atoms with E-state index in [1.54, 1.807) is 44.6 Å². The summed E-state index contributed by atoms with van der Waals surface area (Å²) in [6, 6.07) is 16.4. The first-order valence-electron chi connectivity index (χ1n) is 6.54. The summed E-state index contributed by atoms with van der Waals surface area (Å²) in [7, 11) is 3.18. The molecule has 112 valence electrons. The molecule has 0 saturated carbocycles. The smallest absolute Gasteiger partial charge is 0.136 e. The number of hydrogen-bond acceptors (Lipinski definition) is 3. The lowest BCUT2D eigenvalue weighted by molar-refractivity contribution is 0.413. The van der Waals surface area contributed by atoms with Gasteiger partial charge in [0.25, 0.3) is 0 Å². The maximum absolute atomic E-state index is 8.52. The van der Waals surface area contributed by atoms with Crippen molar-refractivity contribution in [3.63, 3.8) is 0 Å². The molecule has 2 rings (SSSR count). The molecule has 4 heteroatoms. The molecular weight excluding hydrogens is 286 g/mol. The Morgan fingerprint density at radius 1 is 0.905 bits per heavy atom. The average molecular weight is 306 g/mol. The number of nitriles is 1. The van der Waals surface area contributed by atoms with Crippen LogP contribution in [0.3, 0.4) is 0 Å². The van der Waals surface area contributed by atoms with E-state index in [0.717, 1.165) is 10.8 Å². The molecule has 0 radical (unpaired) electrons. The summed E-state index contributed by atoms with van der Waals surface area (Å²) in [6.45, 7) is 4.00. The van der Waals surface area contributed by atoms with E-state index >= 15 is 0 Å². The molecule has 0 amide bonds. The van der Waals surface area contributed by atoms with Crippen molar-refractivity contribution < 1.29 is 9.47 Å². The number of ether oxygens (including phenoxy) is 2. The predicted octanol–water partition coefficient (Wildman–Crippen LogP) is 4.94. The Hall–Kier alpha value is -2.18. The highest BCUT2D eigenvalue weighted by atomic mass is 35.5. The summed E-state index contributed by atoms with van der Waals surface area (Å²) in [6.07, 6.45) is 0. The fourth-order valence-corrected chi connectivity index (χ4v) is 1.43. The van der Waals surface area contributed by atoms with Gasteiger partial charge < -0.3 is 9.47 Å². The molecule has 0 fully saturated rings. The minimum absolute atomic E-state index is 0.574. The molecule has 2 aromatic rings. The Morgan fingerprint density at radius 2 is 1.48 bits per heavy atom. The Morgan fingerprint density at radius 3 is 1.90 bits per heavy atom. The van der Waals surface area contributed by atoms with Crippen LogP contribution in [-0.4, -0.2) is 14.2 Å². The van der Waals surface area contributed by atoms with Crippen molar-refractivity contribution in [2.75, 3.05) is 14.2 Å². The molecule has 2 aromatic carbocycles. The van der Waals surface area contributed by atoms with E-state index in [1.165, 1.54) is 0 Å². The Balaban J connectivity index is 0.000000342. The highest BCUT2D eigenvalue weighted by Gasteiger charge is 1.96. The van der Waals surface area contributed by atoms with Crippen LogP contribution in [0.1, 0.15) is 19.4 Å². The summed E-state index contributed by atoms with van der Waals surface area (Å²) < 4.78 is 9.82. The number of nitrogens with zero attached hydrogens (tertiary/aromatic N) is 1. The molecule has 0 aliphatic rings. The first-order valence-corrected chi connectivity index (χ1v) is 6.91. The summed E-state index contributed by atoms with van der Waals surface area (Å²) in [5, 5.41) is 9.25. The Kier molecular flexibility index (Phi) is 10.4. The Labute approximate surface area is 131 Å². The molecule has 0 unspecified atom stereocenters. The fourth-order valence-electron chi connectivity index (χ4n) is 1.31. The van der Waals surface area contributed by atoms with Crippen LogP contribution in [0.15, 0.2) is 48.5 Å². The lowest BCUT2D eigenvalue weighted by Crippen LogP contribution is -1.85. The van der Waals surface area contributed by atoms with Crippen LogP contribution in [0.25, 0.3) is 0 Å². The predicted molar refractivity (Wildman–Crippen MR) is 87.1 cm³/mol. The minimum Gasteiger partial charge on any atom is -0.497 e. The molecule has 3 nitrogen and oxygen atoms in total. The zero-order chi connectivity index (χ0) is 16.1. The van der Waals surface area contributed by atoms with E-state index in [4.69, 9.17) is 26.3 Å². The van der Waals surface area contributed by atoms with Crippen molar-refractivity contribution in [3.8, 4) is 17.6 Å². The van der Waals surface area contributed by atoms with E-state index in [-0.39, 0.29) is 0 Å². The number of para-hydroxylation sites is 1. The highest BCUT2D eigenvalue weighted by molar-refractivity contribution is 6.30. The molecule has 0 aliphatic heterocycles. The third-order valence-corrected chi connectivity index (χ3v) is 2.53. The van der Waals surface area contributed by atoms with Crippen LogP contribution >= 0.6 is 11.6 Å². The number of hydrogen-bond donors (Lipinski definition) is 0. The summed E-state index contributed by atoms with van der Waals surface area (Å²) in [4.78, 5) is 0. The first-order chi connectivity index (χ1) is 10.2. The minimum atomic E-state index is 0.574. The van der Waals surface area contributed by atoms with E-state index in [0.29, 0.717) is 11.3 Å². The quantitative estimate of drug-likeness (QED) is 0.789. The van der Waals surface area contributed by atoms with Gasteiger partial charge in [0.1, 0.15) is 17.6 Å². The van der Waals surface area contributed by atoms with Crippen LogP contribution < -0.4 is 9.47 Å². The van der Waals surface area contributed by atoms with Gasteiger partial charge in [-0.25, -0.2) is 0 Å². The molecule has 0 saturated heterocycles. The van der Waals surface area contributed by atoms with E-state index in [1.807, 2.05) is 38.1 Å². The lowest BCUT2D eigenvalue weighted by Gasteiger charge is -1.98. The second kappa shape index (κ2) is 11.6. The zero-order valence-corrected chi connectivity index (χ0v) is 13.5. The zero-order valence-electron chi connectivity index (χ0n) is 12.8. The van der Waals surface area contributed by atoms with Gasteiger partial charge in [0, 0.05) is 5.02 Å². The van der Waals surface area contributed by atoms with Gasteiger partial charge in [0.05, 0.1) is 19.8 Å². The monoisotopic (exact) mass is 305 g/mol. The molecular formula is C17H20ClNO2. The van der Waals surface area contributed by atoms with Crippen LogP contribution in [0.5, 0.6) is 11.5 Å². The highest BCUT2D eigenvalue weighted by Crippen LogP contribution is 2.15. The summed E-state index contributed by atoms with van der Waals surface area (Å²) in [5.41, 5.74) is 0.574. The molecule has 0 spiro atoms. The van der Waals surface area contributed by atoms with Gasteiger partial charge in [-0.1, -0.05) is 37.6 Å². The van der Waals surface area contributed by atoms with Gasteiger partial charge in [-0.15, -0.1) is 0 Å². The van der Waals surface area contributed by atoms with Crippen LogP contribution in [0.4, 0.5) is 0 Å². The second-order valence-electron chi connectivity index (χ2n) is 3.47. The SMILES string of the molecule is CC.COc1ccc(Cl)cc1.COc1ccccc1C#N. The fraction of sp³-hybridized carbons (Fsp3) is 0.235. The third kappa shape index (κ3) is 7.24. The van der Waals surface area contributed by atoms with Gasteiger partial charge in [-0.2, -0.15) is 5.26 Å². The topological polar surface area (TPSA) is 42.2 Å². The van der Waals surface area contributed by atoms with Crippen molar-refractivity contribution in [1.82, 2.24) is 0 Å². The van der Waals surface area contributed by atoms with E-state index in [2.05, 4.69) is 0 Å². The van der Waals surface area contributed by atoms with E-state index in [9.17, 15) is 0 Å². The number of benzene rings is 2. The molecule has 0 aliphatic carbocycles. The van der Waals surface area contributed by atoms with Gasteiger partial charge in [-0.3, -0.25) is 0 Å². The molecule has 0 N–H and O–H groups in total. The molecule has 0 aromatic heterocycles. The first kappa shape index (κ1) is 18.8. The van der Waals surface area contributed by atoms with Gasteiger partial charge in [0.15, 0.2) is 0 Å². The Bertz CT molecular complexity index is 547. The van der Waals surface area contributed by atoms with Crippen LogP contribution in [0.2, 0.25) is 5.02 Å². The second-order valence-corrected chi connectivity index (χ2v) is 3.91. The summed E-state index contributed by atoms with van der Waals surface area (Å²) >= 11 is 5.61. The van der Waals surface area contributed by atoms with Gasteiger partial charge >= 0.3 is 0 Å². The molecule has 0 heterocycles. The van der Waals surface area contributed by atoms with Crippen LogP contribution in [-0.2, 0) is 0 Å². The van der Waals surface area contributed by atoms with Crippen molar-refractivity contribution in [1.29, 1.82) is 5.26 Å². The van der Waals surface area contributed by atoms with Crippen LogP contribution in [0, 0.1) is 11.3 Å². The standard InChI is InChI=1S/C8H7NO.C7H7ClO.C2H6/c1-10-8-5-3-2-4-7(8)6-9;1-9-7-4-2-6(8)3-5-7;1-2/h2-5H,1H3;2-5H,1H3;1-2H3. The van der Waals surface area contributed by atoms with Gasteiger partial charge in [-0.05, 0) is 36.4 Å². The van der Waals surface area contributed by atoms with E-state index < -0.39 is 0 Å². The molecule has 21 heavy (non-hydrogen) atoms. The lowest BCUT2D eigenvalue weighted by atomic mass is 10.2. The average Bonchev–Trinajstić information content (AvgIpc) is 2.58. The molecule has 0 bridgehead atoms. The largest absolute Gasteiger partial charge is 0.497 e. The number of halogens is 1. The number of rotatable bonds is 2.